The third-order valence-corrected chi connectivity index (χ3v) is 5.56. The number of nitrogens with one attached hydrogen (secondary N) is 1. The molecule has 2 N–H and O–H groups in total. The lowest BCUT2D eigenvalue weighted by atomic mass is 9.85. The number of alkyl halides is 3. The Morgan fingerprint density at radius 1 is 1.26 bits per heavy atom. The molecule has 1 atom stereocenters. The smallest absolute Gasteiger partial charge is 0.416 e. The number of amides is 1. The summed E-state index contributed by atoms with van der Waals surface area (Å²) in [7, 11) is 0. The van der Waals surface area contributed by atoms with Crippen molar-refractivity contribution in [3.05, 3.63) is 35.4 Å². The molecule has 0 aromatic heterocycles. The standard InChI is InChI=1S/C19H22F3NO4/c20-19(21,22)14-3-1-2-13(10-14)18(6-7-18)17(26)23-11-15(16(24)25)12-4-8-27-9-5-12/h1-3,10,12,15H,4-9,11H2,(H,23,26)(H,24,25). The lowest BCUT2D eigenvalue weighted by Gasteiger charge is -2.28. The molecule has 0 radical (unpaired) electrons. The minimum atomic E-state index is -4.47. The second-order valence-electron chi connectivity index (χ2n) is 7.27. The molecule has 5 nitrogen and oxygen atoms in total. The summed E-state index contributed by atoms with van der Waals surface area (Å²) in [5.74, 6) is -2.19. The van der Waals surface area contributed by atoms with Gasteiger partial charge in [0.1, 0.15) is 0 Å². The Morgan fingerprint density at radius 2 is 1.93 bits per heavy atom. The average Bonchev–Trinajstić information content (AvgIpc) is 3.44. The van der Waals surface area contributed by atoms with E-state index in [0.717, 1.165) is 12.1 Å². The minimum Gasteiger partial charge on any atom is -0.481 e. The number of hydrogen-bond donors (Lipinski definition) is 2. The number of hydrogen-bond acceptors (Lipinski definition) is 3. The molecule has 2 aliphatic rings. The van der Waals surface area contributed by atoms with Crippen molar-refractivity contribution in [3.8, 4) is 0 Å². The maximum Gasteiger partial charge on any atom is 0.416 e. The molecule has 8 heteroatoms. The third-order valence-electron chi connectivity index (χ3n) is 5.56. The third kappa shape index (κ3) is 4.26. The minimum absolute atomic E-state index is 0.0282. The lowest BCUT2D eigenvalue weighted by molar-refractivity contribution is -0.145. The van der Waals surface area contributed by atoms with Gasteiger partial charge in [-0.05, 0) is 43.2 Å². The Morgan fingerprint density at radius 3 is 2.48 bits per heavy atom. The molecule has 1 saturated carbocycles. The largest absolute Gasteiger partial charge is 0.481 e. The van der Waals surface area contributed by atoms with Gasteiger partial charge in [0, 0.05) is 19.8 Å². The van der Waals surface area contributed by atoms with Gasteiger partial charge in [0.05, 0.1) is 16.9 Å². The van der Waals surface area contributed by atoms with E-state index in [1.807, 2.05) is 0 Å². The van der Waals surface area contributed by atoms with Gasteiger partial charge in [-0.2, -0.15) is 13.2 Å². The highest BCUT2D eigenvalue weighted by Gasteiger charge is 2.52. The second kappa shape index (κ2) is 7.50. The second-order valence-corrected chi connectivity index (χ2v) is 7.27. The van der Waals surface area contributed by atoms with E-state index in [-0.39, 0.29) is 12.5 Å². The Hall–Kier alpha value is -2.09. The van der Waals surface area contributed by atoms with E-state index < -0.39 is 34.9 Å². The van der Waals surface area contributed by atoms with Crippen LogP contribution in [0.1, 0.15) is 36.8 Å². The van der Waals surface area contributed by atoms with Crippen LogP contribution in [0.25, 0.3) is 0 Å². The monoisotopic (exact) mass is 385 g/mol. The van der Waals surface area contributed by atoms with Gasteiger partial charge in [0.2, 0.25) is 5.91 Å². The molecule has 1 aliphatic heterocycles. The zero-order valence-electron chi connectivity index (χ0n) is 14.7. The summed E-state index contributed by atoms with van der Waals surface area (Å²) >= 11 is 0. The van der Waals surface area contributed by atoms with Gasteiger partial charge in [-0.15, -0.1) is 0 Å². The SMILES string of the molecule is O=C(O)C(CNC(=O)C1(c2cccc(C(F)(F)F)c2)CC1)C1CCOCC1. The summed E-state index contributed by atoms with van der Waals surface area (Å²) in [6, 6.07) is 4.81. The van der Waals surface area contributed by atoms with Gasteiger partial charge < -0.3 is 15.2 Å². The first kappa shape index (κ1) is 19.7. The van der Waals surface area contributed by atoms with Crippen LogP contribution in [0.3, 0.4) is 0 Å². The highest BCUT2D eigenvalue weighted by molar-refractivity contribution is 5.91. The van der Waals surface area contributed by atoms with Crippen molar-refractivity contribution >= 4 is 11.9 Å². The average molecular weight is 385 g/mol. The van der Waals surface area contributed by atoms with E-state index in [1.165, 1.54) is 12.1 Å². The summed E-state index contributed by atoms with van der Waals surface area (Å²) in [6.07, 6.45) is -2.33. The van der Waals surface area contributed by atoms with Crippen molar-refractivity contribution in [2.24, 2.45) is 11.8 Å². The van der Waals surface area contributed by atoms with Crippen LogP contribution in [0.5, 0.6) is 0 Å². The number of rotatable bonds is 6. The molecule has 27 heavy (non-hydrogen) atoms. The summed E-state index contributed by atoms with van der Waals surface area (Å²) in [5.41, 5.74) is -1.45. The molecular weight excluding hydrogens is 363 g/mol. The van der Waals surface area contributed by atoms with E-state index in [9.17, 15) is 27.9 Å². The molecule has 1 aromatic carbocycles. The number of carboxylic acid groups (broad SMARTS) is 1. The first-order chi connectivity index (χ1) is 12.7. The Bertz CT molecular complexity index is 709. The van der Waals surface area contributed by atoms with Crippen molar-refractivity contribution in [1.29, 1.82) is 0 Å². The van der Waals surface area contributed by atoms with Gasteiger partial charge in [-0.3, -0.25) is 9.59 Å². The topological polar surface area (TPSA) is 75.6 Å². The Kier molecular flexibility index (Phi) is 5.46. The summed E-state index contributed by atoms with van der Waals surface area (Å²) in [5, 5.41) is 12.2. The molecule has 1 saturated heterocycles. The molecule has 1 aliphatic carbocycles. The van der Waals surface area contributed by atoms with Crippen LogP contribution in [0, 0.1) is 11.8 Å². The van der Waals surface area contributed by atoms with Crippen molar-refractivity contribution in [3.63, 3.8) is 0 Å². The normalized spacial score (nSPS) is 20.7. The van der Waals surface area contributed by atoms with Crippen LogP contribution in [0.4, 0.5) is 13.2 Å². The van der Waals surface area contributed by atoms with Gasteiger partial charge in [0.25, 0.3) is 0 Å². The van der Waals surface area contributed by atoms with Crippen LogP contribution in [0.15, 0.2) is 24.3 Å². The highest BCUT2D eigenvalue weighted by Crippen LogP contribution is 2.49. The molecule has 1 heterocycles. The first-order valence-electron chi connectivity index (χ1n) is 9.00. The van der Waals surface area contributed by atoms with Crippen LogP contribution in [0.2, 0.25) is 0 Å². The maximum atomic E-state index is 13.0. The van der Waals surface area contributed by atoms with Crippen LogP contribution in [-0.4, -0.2) is 36.7 Å². The number of aliphatic carboxylic acids is 1. The van der Waals surface area contributed by atoms with E-state index in [1.54, 1.807) is 0 Å². The van der Waals surface area contributed by atoms with Gasteiger partial charge in [0.15, 0.2) is 0 Å². The number of carbonyl (C=O) groups excluding carboxylic acids is 1. The molecule has 3 rings (SSSR count). The molecule has 1 aromatic rings. The van der Waals surface area contributed by atoms with Crippen molar-refractivity contribution < 1.29 is 32.6 Å². The number of benzene rings is 1. The van der Waals surface area contributed by atoms with E-state index in [4.69, 9.17) is 4.74 Å². The lowest BCUT2D eigenvalue weighted by Crippen LogP contribution is -2.42. The summed E-state index contributed by atoms with van der Waals surface area (Å²) in [4.78, 5) is 24.3. The fourth-order valence-electron chi connectivity index (χ4n) is 3.71. The van der Waals surface area contributed by atoms with Crippen molar-refractivity contribution in [2.45, 2.75) is 37.3 Å². The number of carbonyl (C=O) groups is 2. The van der Waals surface area contributed by atoms with Crippen molar-refractivity contribution in [1.82, 2.24) is 5.32 Å². The quantitative estimate of drug-likeness (QED) is 0.790. The van der Waals surface area contributed by atoms with E-state index in [2.05, 4.69) is 5.32 Å². The zero-order valence-corrected chi connectivity index (χ0v) is 14.7. The molecule has 1 unspecified atom stereocenters. The van der Waals surface area contributed by atoms with Crippen LogP contribution < -0.4 is 5.32 Å². The molecule has 1 amide bonds. The molecule has 2 fully saturated rings. The van der Waals surface area contributed by atoms with E-state index >= 15 is 0 Å². The van der Waals surface area contributed by atoms with Crippen LogP contribution >= 0.6 is 0 Å². The highest BCUT2D eigenvalue weighted by atomic mass is 19.4. The summed E-state index contributed by atoms with van der Waals surface area (Å²) < 4.78 is 44.1. The van der Waals surface area contributed by atoms with Gasteiger partial charge in [-0.1, -0.05) is 18.2 Å². The number of halogens is 3. The van der Waals surface area contributed by atoms with Gasteiger partial charge in [-0.25, -0.2) is 0 Å². The number of carboxylic acids is 1. The number of ether oxygens (including phenoxy) is 1. The first-order valence-corrected chi connectivity index (χ1v) is 9.00. The summed E-state index contributed by atoms with van der Waals surface area (Å²) in [6.45, 7) is 0.965. The predicted octanol–water partition coefficient (Wildman–Crippen LogP) is 2.98. The van der Waals surface area contributed by atoms with Crippen molar-refractivity contribution in [2.75, 3.05) is 19.8 Å². The van der Waals surface area contributed by atoms with Crippen LogP contribution in [-0.2, 0) is 25.9 Å². The molecular formula is C19H22F3NO4. The fraction of sp³-hybridized carbons (Fsp3) is 0.579. The predicted molar refractivity (Wildman–Crippen MR) is 90.0 cm³/mol. The van der Waals surface area contributed by atoms with Gasteiger partial charge >= 0.3 is 12.1 Å². The maximum absolute atomic E-state index is 13.0. The molecule has 148 valence electrons. The Labute approximate surface area is 154 Å². The Balaban J connectivity index is 1.69. The molecule has 0 spiro atoms. The zero-order chi connectivity index (χ0) is 19.7. The van der Waals surface area contributed by atoms with E-state index in [0.29, 0.717) is 44.5 Å². The fourth-order valence-corrected chi connectivity index (χ4v) is 3.71. The molecule has 0 bridgehead atoms.